The fraction of sp³-hybridized carbons (Fsp3) is 0.409. The fourth-order valence-electron chi connectivity index (χ4n) is 2.88. The van der Waals surface area contributed by atoms with Gasteiger partial charge in [-0.3, -0.25) is 4.79 Å². The summed E-state index contributed by atoms with van der Waals surface area (Å²) < 4.78 is 16.4. The molecule has 0 aromatic heterocycles. The molecule has 0 heterocycles. The van der Waals surface area contributed by atoms with Gasteiger partial charge >= 0.3 is 0 Å². The lowest BCUT2D eigenvalue weighted by atomic mass is 10.1. The highest BCUT2D eigenvalue weighted by molar-refractivity contribution is 5.80. The van der Waals surface area contributed by atoms with Gasteiger partial charge < -0.3 is 19.5 Å². The van der Waals surface area contributed by atoms with E-state index in [0.717, 1.165) is 28.0 Å². The summed E-state index contributed by atoms with van der Waals surface area (Å²) in [7, 11) is 3.22. The first kappa shape index (κ1) is 20.6. The first-order valence-corrected chi connectivity index (χ1v) is 9.08. The van der Waals surface area contributed by atoms with Crippen LogP contribution in [0.15, 0.2) is 30.3 Å². The second kappa shape index (κ2) is 9.31. The van der Waals surface area contributed by atoms with Crippen LogP contribution < -0.4 is 19.5 Å². The van der Waals surface area contributed by atoms with Crippen LogP contribution in [0.25, 0.3) is 0 Å². The quantitative estimate of drug-likeness (QED) is 0.768. The summed E-state index contributed by atoms with van der Waals surface area (Å²) >= 11 is 0. The van der Waals surface area contributed by atoms with Crippen LogP contribution in [0.1, 0.15) is 29.2 Å². The molecule has 0 radical (unpaired) electrons. The zero-order chi connectivity index (χ0) is 20.0. The predicted octanol–water partition coefficient (Wildman–Crippen LogP) is 3.76. The van der Waals surface area contributed by atoms with Crippen LogP contribution in [-0.2, 0) is 11.2 Å². The number of hydrogen-bond acceptors (Lipinski definition) is 4. The molecular formula is C22H29NO4. The van der Waals surface area contributed by atoms with Crippen molar-refractivity contribution >= 4 is 5.91 Å². The van der Waals surface area contributed by atoms with Crippen molar-refractivity contribution in [2.75, 3.05) is 20.8 Å². The van der Waals surface area contributed by atoms with E-state index in [2.05, 4.69) is 11.4 Å². The first-order chi connectivity index (χ1) is 12.8. The molecule has 2 aromatic carbocycles. The molecule has 146 valence electrons. The normalized spacial score (nSPS) is 11.6. The Hall–Kier alpha value is -2.69. The molecule has 27 heavy (non-hydrogen) atoms. The zero-order valence-electron chi connectivity index (χ0n) is 17.0. The molecule has 1 amide bonds. The number of ether oxygens (including phenoxy) is 3. The molecule has 0 saturated heterocycles. The molecule has 0 saturated carbocycles. The number of rotatable bonds is 8. The summed E-state index contributed by atoms with van der Waals surface area (Å²) in [5.41, 5.74) is 4.40. The predicted molar refractivity (Wildman–Crippen MR) is 107 cm³/mol. The van der Waals surface area contributed by atoms with Crippen LogP contribution in [0.3, 0.4) is 0 Å². The van der Waals surface area contributed by atoms with Gasteiger partial charge in [0.25, 0.3) is 5.91 Å². The van der Waals surface area contributed by atoms with Crippen molar-refractivity contribution in [1.29, 1.82) is 0 Å². The topological polar surface area (TPSA) is 56.8 Å². The summed E-state index contributed by atoms with van der Waals surface area (Å²) in [6, 6.07) is 9.83. The minimum absolute atomic E-state index is 0.131. The second-order valence-corrected chi connectivity index (χ2v) is 6.70. The largest absolute Gasteiger partial charge is 0.493 e. The van der Waals surface area contributed by atoms with Gasteiger partial charge in [-0.15, -0.1) is 0 Å². The molecule has 0 unspecified atom stereocenters. The number of amides is 1. The van der Waals surface area contributed by atoms with Gasteiger partial charge in [-0.1, -0.05) is 12.1 Å². The number of benzene rings is 2. The van der Waals surface area contributed by atoms with E-state index in [1.54, 1.807) is 21.1 Å². The molecule has 2 rings (SSSR count). The Morgan fingerprint density at radius 3 is 2.37 bits per heavy atom. The maximum atomic E-state index is 12.4. The number of hydrogen-bond donors (Lipinski definition) is 1. The number of carbonyl (C=O) groups is 1. The molecule has 0 aliphatic carbocycles. The van der Waals surface area contributed by atoms with Gasteiger partial charge in [0.15, 0.2) is 17.6 Å². The van der Waals surface area contributed by atoms with Crippen LogP contribution in [0.2, 0.25) is 0 Å². The first-order valence-electron chi connectivity index (χ1n) is 9.08. The Bertz CT molecular complexity index is 801. The molecule has 0 aliphatic rings. The Kier molecular flexibility index (Phi) is 7.11. The Morgan fingerprint density at radius 2 is 1.70 bits per heavy atom. The molecule has 0 bridgehead atoms. The number of carbonyl (C=O) groups excluding carboxylic acids is 1. The van der Waals surface area contributed by atoms with Crippen LogP contribution in [0.4, 0.5) is 0 Å². The molecule has 0 spiro atoms. The molecular weight excluding hydrogens is 342 g/mol. The maximum Gasteiger partial charge on any atom is 0.260 e. The average molecular weight is 371 g/mol. The van der Waals surface area contributed by atoms with E-state index >= 15 is 0 Å². The van der Waals surface area contributed by atoms with Crippen LogP contribution >= 0.6 is 0 Å². The maximum absolute atomic E-state index is 12.4. The highest BCUT2D eigenvalue weighted by Crippen LogP contribution is 2.27. The van der Waals surface area contributed by atoms with Crippen molar-refractivity contribution in [2.45, 2.75) is 40.2 Å². The van der Waals surface area contributed by atoms with Gasteiger partial charge in [-0.2, -0.15) is 0 Å². The fourth-order valence-corrected chi connectivity index (χ4v) is 2.88. The second-order valence-electron chi connectivity index (χ2n) is 6.70. The molecule has 1 atom stereocenters. The van der Waals surface area contributed by atoms with Crippen molar-refractivity contribution < 1.29 is 19.0 Å². The van der Waals surface area contributed by atoms with Crippen LogP contribution in [0.5, 0.6) is 17.2 Å². The van der Waals surface area contributed by atoms with Gasteiger partial charge in [0, 0.05) is 6.54 Å². The Morgan fingerprint density at radius 1 is 1.00 bits per heavy atom. The van der Waals surface area contributed by atoms with Crippen LogP contribution in [0, 0.1) is 20.8 Å². The van der Waals surface area contributed by atoms with E-state index in [0.29, 0.717) is 24.5 Å². The third kappa shape index (κ3) is 5.39. The van der Waals surface area contributed by atoms with Gasteiger partial charge in [-0.05, 0) is 74.6 Å². The van der Waals surface area contributed by atoms with E-state index in [1.165, 1.54) is 0 Å². The lowest BCUT2D eigenvalue weighted by molar-refractivity contribution is -0.127. The highest BCUT2D eigenvalue weighted by atomic mass is 16.5. The van der Waals surface area contributed by atoms with E-state index < -0.39 is 6.10 Å². The third-order valence-corrected chi connectivity index (χ3v) is 4.60. The van der Waals surface area contributed by atoms with Crippen molar-refractivity contribution in [1.82, 2.24) is 5.32 Å². The van der Waals surface area contributed by atoms with Crippen molar-refractivity contribution in [3.8, 4) is 17.2 Å². The Labute approximate surface area is 161 Å². The summed E-state index contributed by atoms with van der Waals surface area (Å²) in [5, 5.41) is 2.93. The van der Waals surface area contributed by atoms with Crippen molar-refractivity contribution in [3.05, 3.63) is 52.6 Å². The van der Waals surface area contributed by atoms with E-state index in [1.807, 2.05) is 45.0 Å². The van der Waals surface area contributed by atoms with Gasteiger partial charge in [0.05, 0.1) is 14.2 Å². The number of nitrogens with one attached hydrogen (secondary N) is 1. The van der Waals surface area contributed by atoms with E-state index in [9.17, 15) is 4.79 Å². The summed E-state index contributed by atoms with van der Waals surface area (Å²) in [6.45, 7) is 8.36. The van der Waals surface area contributed by atoms with E-state index in [-0.39, 0.29) is 5.91 Å². The molecule has 0 aliphatic heterocycles. The zero-order valence-corrected chi connectivity index (χ0v) is 17.0. The van der Waals surface area contributed by atoms with Gasteiger partial charge in [0.2, 0.25) is 0 Å². The SMILES string of the molecule is COc1ccc(CCNC(=O)[C@H](C)Oc2cc(C)cc(C)c2C)cc1OC. The minimum atomic E-state index is -0.560. The molecule has 0 fully saturated rings. The standard InChI is InChI=1S/C22H29NO4/c1-14-11-15(2)16(3)20(12-14)27-17(4)22(24)23-10-9-18-7-8-19(25-5)21(13-18)26-6/h7-8,11-13,17H,9-10H2,1-6H3,(H,23,24)/t17-/m0/s1. The lowest BCUT2D eigenvalue weighted by Gasteiger charge is -2.18. The molecule has 5 heteroatoms. The molecule has 5 nitrogen and oxygen atoms in total. The number of aryl methyl sites for hydroxylation is 2. The van der Waals surface area contributed by atoms with Crippen molar-refractivity contribution in [2.24, 2.45) is 0 Å². The van der Waals surface area contributed by atoms with Crippen molar-refractivity contribution in [3.63, 3.8) is 0 Å². The van der Waals surface area contributed by atoms with Gasteiger partial charge in [-0.25, -0.2) is 0 Å². The highest BCUT2D eigenvalue weighted by Gasteiger charge is 2.16. The van der Waals surface area contributed by atoms with E-state index in [4.69, 9.17) is 14.2 Å². The smallest absolute Gasteiger partial charge is 0.260 e. The van der Waals surface area contributed by atoms with Gasteiger partial charge in [0.1, 0.15) is 5.75 Å². The summed E-state index contributed by atoms with van der Waals surface area (Å²) in [4.78, 5) is 12.4. The summed E-state index contributed by atoms with van der Waals surface area (Å²) in [6.07, 6.45) is 0.136. The third-order valence-electron chi connectivity index (χ3n) is 4.60. The molecule has 2 aromatic rings. The minimum Gasteiger partial charge on any atom is -0.493 e. The lowest BCUT2D eigenvalue weighted by Crippen LogP contribution is -2.37. The average Bonchev–Trinajstić information content (AvgIpc) is 2.65. The van der Waals surface area contributed by atoms with Crippen LogP contribution in [-0.4, -0.2) is 32.8 Å². The number of methoxy groups -OCH3 is 2. The summed E-state index contributed by atoms with van der Waals surface area (Å²) in [5.74, 6) is 2.00. The monoisotopic (exact) mass is 371 g/mol. The molecule has 1 N–H and O–H groups in total. The Balaban J connectivity index is 1.90.